The van der Waals surface area contributed by atoms with Gasteiger partial charge in [-0.05, 0) is 42.0 Å². The number of hydrogen-bond donors (Lipinski definition) is 1. The minimum absolute atomic E-state index is 0.411. The summed E-state index contributed by atoms with van der Waals surface area (Å²) in [5.41, 5.74) is 2.40. The number of carbonyl (C=O) groups excluding carboxylic acids is 1. The lowest BCUT2D eigenvalue weighted by Crippen LogP contribution is -2.15. The van der Waals surface area contributed by atoms with E-state index in [1.165, 1.54) is 17.4 Å². The zero-order valence-electron chi connectivity index (χ0n) is 14.8. The Kier molecular flexibility index (Phi) is 5.38. The van der Waals surface area contributed by atoms with Crippen LogP contribution in [0.25, 0.3) is 21.7 Å². The van der Waals surface area contributed by atoms with Crippen LogP contribution in [0.4, 0.5) is 14.5 Å². The van der Waals surface area contributed by atoms with Gasteiger partial charge in [0.15, 0.2) is 0 Å². The van der Waals surface area contributed by atoms with Crippen molar-refractivity contribution in [1.29, 1.82) is 0 Å². The predicted molar refractivity (Wildman–Crippen MR) is 112 cm³/mol. The van der Waals surface area contributed by atoms with E-state index in [0.717, 1.165) is 33.8 Å². The van der Waals surface area contributed by atoms with Crippen molar-refractivity contribution in [1.82, 2.24) is 4.98 Å². The number of aromatic nitrogens is 1. The lowest BCUT2D eigenvalue weighted by Gasteiger charge is -2.10. The molecule has 1 heterocycles. The smallest absolute Gasteiger partial charge is 0.261 e. The van der Waals surface area contributed by atoms with Crippen LogP contribution in [0, 0.1) is 11.6 Å². The Morgan fingerprint density at radius 3 is 2.31 bits per heavy atom. The van der Waals surface area contributed by atoms with Crippen LogP contribution in [0.1, 0.15) is 10.4 Å². The van der Waals surface area contributed by atoms with Gasteiger partial charge in [-0.15, -0.1) is 11.3 Å². The Bertz CT molecular complexity index is 1160. The van der Waals surface area contributed by atoms with Crippen molar-refractivity contribution in [2.45, 2.75) is 0 Å². The molecule has 0 saturated heterocycles. The molecule has 7 heteroatoms. The van der Waals surface area contributed by atoms with Crippen LogP contribution < -0.4 is 5.32 Å². The minimum atomic E-state index is -0.912. The van der Waals surface area contributed by atoms with E-state index in [4.69, 9.17) is 11.6 Å². The van der Waals surface area contributed by atoms with Crippen molar-refractivity contribution in [3.63, 3.8) is 0 Å². The Labute approximate surface area is 174 Å². The molecule has 1 aromatic heterocycles. The number of carbonyl (C=O) groups is 1. The monoisotopic (exact) mass is 426 g/mol. The first-order valence-corrected chi connectivity index (χ1v) is 9.84. The first kappa shape index (κ1) is 19.2. The molecule has 3 aromatic carbocycles. The standard InChI is InChI=1S/C22H13ClF2N2OS/c23-17-9-6-14(22-26-10-11-29-22)12-16(17)13-4-7-15(8-5-13)27-21(28)20-18(24)2-1-3-19(20)25/h1-12H,(H,27,28). The van der Waals surface area contributed by atoms with E-state index in [1.807, 2.05) is 23.6 Å². The van der Waals surface area contributed by atoms with E-state index in [9.17, 15) is 13.6 Å². The number of thiazole rings is 1. The highest BCUT2D eigenvalue weighted by Gasteiger charge is 2.17. The van der Waals surface area contributed by atoms with E-state index in [2.05, 4.69) is 10.3 Å². The highest BCUT2D eigenvalue weighted by Crippen LogP contribution is 2.33. The molecule has 4 aromatic rings. The molecule has 0 spiro atoms. The third kappa shape index (κ3) is 4.04. The van der Waals surface area contributed by atoms with Gasteiger partial charge in [0.1, 0.15) is 22.2 Å². The number of rotatable bonds is 4. The average molecular weight is 427 g/mol. The normalized spacial score (nSPS) is 10.7. The zero-order valence-corrected chi connectivity index (χ0v) is 16.4. The maximum atomic E-state index is 13.8. The molecule has 0 unspecified atom stereocenters. The molecule has 144 valence electrons. The fourth-order valence-corrected chi connectivity index (χ4v) is 3.75. The third-order valence-corrected chi connectivity index (χ3v) is 5.44. The molecular formula is C22H13ClF2N2OS. The third-order valence-electron chi connectivity index (χ3n) is 4.29. The highest BCUT2D eigenvalue weighted by atomic mass is 35.5. The van der Waals surface area contributed by atoms with Gasteiger partial charge in [0.2, 0.25) is 0 Å². The molecule has 0 aliphatic heterocycles. The summed E-state index contributed by atoms with van der Waals surface area (Å²) in [6, 6.07) is 15.8. The van der Waals surface area contributed by atoms with Gasteiger partial charge in [0.25, 0.3) is 5.91 Å². The molecule has 0 atom stereocenters. The van der Waals surface area contributed by atoms with E-state index in [-0.39, 0.29) is 0 Å². The summed E-state index contributed by atoms with van der Waals surface area (Å²) in [5.74, 6) is -2.67. The number of hydrogen-bond acceptors (Lipinski definition) is 3. The second-order valence-corrected chi connectivity index (χ2v) is 7.46. The molecule has 29 heavy (non-hydrogen) atoms. The maximum Gasteiger partial charge on any atom is 0.261 e. The van der Waals surface area contributed by atoms with Crippen LogP contribution in [0.15, 0.2) is 72.2 Å². The van der Waals surface area contributed by atoms with E-state index in [1.54, 1.807) is 30.5 Å². The second-order valence-electron chi connectivity index (χ2n) is 6.16. The molecule has 1 amide bonds. The molecule has 3 nitrogen and oxygen atoms in total. The van der Waals surface area contributed by atoms with Crippen LogP contribution in [-0.4, -0.2) is 10.9 Å². The summed E-state index contributed by atoms with van der Waals surface area (Å²) in [5, 5.41) is 5.88. The van der Waals surface area contributed by atoms with Crippen molar-refractivity contribution in [3.8, 4) is 21.7 Å². The lowest BCUT2D eigenvalue weighted by molar-refractivity contribution is 0.101. The highest BCUT2D eigenvalue weighted by molar-refractivity contribution is 7.13. The molecule has 0 fully saturated rings. The molecule has 0 saturated carbocycles. The molecule has 0 bridgehead atoms. The van der Waals surface area contributed by atoms with Crippen LogP contribution in [0.2, 0.25) is 5.02 Å². The van der Waals surface area contributed by atoms with Crippen molar-refractivity contribution >= 4 is 34.5 Å². The Hall–Kier alpha value is -3.09. The van der Waals surface area contributed by atoms with Crippen LogP contribution in [0.3, 0.4) is 0 Å². The lowest BCUT2D eigenvalue weighted by atomic mass is 10.0. The van der Waals surface area contributed by atoms with Gasteiger partial charge in [-0.3, -0.25) is 4.79 Å². The SMILES string of the molecule is O=C(Nc1ccc(-c2cc(-c3nccs3)ccc2Cl)cc1)c1c(F)cccc1F. The minimum Gasteiger partial charge on any atom is -0.322 e. The number of anilines is 1. The summed E-state index contributed by atoms with van der Waals surface area (Å²) in [6.07, 6.45) is 1.74. The van der Waals surface area contributed by atoms with Crippen LogP contribution in [-0.2, 0) is 0 Å². The summed E-state index contributed by atoms with van der Waals surface area (Å²) in [7, 11) is 0. The summed E-state index contributed by atoms with van der Waals surface area (Å²) < 4.78 is 27.5. The number of nitrogens with zero attached hydrogens (tertiary/aromatic N) is 1. The zero-order chi connectivity index (χ0) is 20.4. The summed E-state index contributed by atoms with van der Waals surface area (Å²) in [4.78, 5) is 16.5. The summed E-state index contributed by atoms with van der Waals surface area (Å²) >= 11 is 7.89. The number of benzene rings is 3. The number of amides is 1. The van der Waals surface area contributed by atoms with Gasteiger partial charge in [-0.2, -0.15) is 0 Å². The Morgan fingerprint density at radius 2 is 1.66 bits per heavy atom. The molecule has 4 rings (SSSR count). The quantitative estimate of drug-likeness (QED) is 0.396. The Morgan fingerprint density at radius 1 is 0.966 bits per heavy atom. The van der Waals surface area contributed by atoms with Crippen molar-refractivity contribution in [2.75, 3.05) is 5.32 Å². The first-order chi connectivity index (χ1) is 14.0. The molecular weight excluding hydrogens is 414 g/mol. The van der Waals surface area contributed by atoms with E-state index in [0.29, 0.717) is 10.7 Å². The molecule has 0 radical (unpaired) electrons. The molecule has 1 N–H and O–H groups in total. The van der Waals surface area contributed by atoms with Crippen molar-refractivity contribution in [2.24, 2.45) is 0 Å². The predicted octanol–water partition coefficient (Wildman–Crippen LogP) is 6.66. The van der Waals surface area contributed by atoms with Crippen molar-refractivity contribution < 1.29 is 13.6 Å². The van der Waals surface area contributed by atoms with Gasteiger partial charge >= 0.3 is 0 Å². The van der Waals surface area contributed by atoms with Crippen LogP contribution >= 0.6 is 22.9 Å². The first-order valence-electron chi connectivity index (χ1n) is 8.58. The topological polar surface area (TPSA) is 42.0 Å². The Balaban J connectivity index is 1.59. The van der Waals surface area contributed by atoms with E-state index < -0.39 is 23.1 Å². The molecule has 0 aliphatic rings. The second kappa shape index (κ2) is 8.11. The fourth-order valence-electron chi connectivity index (χ4n) is 2.89. The van der Waals surface area contributed by atoms with Gasteiger partial charge in [0.05, 0.1) is 0 Å². The van der Waals surface area contributed by atoms with Crippen molar-refractivity contribution in [3.05, 3.63) is 94.5 Å². The maximum absolute atomic E-state index is 13.8. The van der Waals surface area contributed by atoms with Crippen LogP contribution in [0.5, 0.6) is 0 Å². The number of halogens is 3. The molecule has 0 aliphatic carbocycles. The average Bonchev–Trinajstić information content (AvgIpc) is 3.24. The van der Waals surface area contributed by atoms with Gasteiger partial charge in [0, 0.05) is 33.4 Å². The largest absolute Gasteiger partial charge is 0.322 e. The van der Waals surface area contributed by atoms with Gasteiger partial charge < -0.3 is 5.32 Å². The van der Waals surface area contributed by atoms with Gasteiger partial charge in [-0.1, -0.05) is 35.9 Å². The fraction of sp³-hybridized carbons (Fsp3) is 0. The number of nitrogens with one attached hydrogen (secondary N) is 1. The van der Waals surface area contributed by atoms with Gasteiger partial charge in [-0.25, -0.2) is 13.8 Å². The summed E-state index contributed by atoms with van der Waals surface area (Å²) in [6.45, 7) is 0. The van der Waals surface area contributed by atoms with E-state index >= 15 is 0 Å².